The van der Waals surface area contributed by atoms with Crippen molar-refractivity contribution in [1.82, 2.24) is 10.1 Å². The summed E-state index contributed by atoms with van der Waals surface area (Å²) in [6.07, 6.45) is 0.292. The van der Waals surface area contributed by atoms with Gasteiger partial charge in [0.2, 0.25) is 0 Å². The van der Waals surface area contributed by atoms with Crippen molar-refractivity contribution < 1.29 is 23.9 Å². The smallest absolute Gasteiger partial charge is 0.410 e. The molecule has 4 aromatic rings. The normalized spacial score (nSPS) is 14.9. The van der Waals surface area contributed by atoms with E-state index in [9.17, 15) is 9.90 Å². The summed E-state index contributed by atoms with van der Waals surface area (Å²) in [5.74, 6) is 0.688. The third-order valence-corrected chi connectivity index (χ3v) is 6.14. The van der Waals surface area contributed by atoms with Gasteiger partial charge in [0, 0.05) is 23.2 Å². The summed E-state index contributed by atoms with van der Waals surface area (Å²) in [5.41, 5.74) is 3.78. The van der Waals surface area contributed by atoms with Gasteiger partial charge >= 0.3 is 6.09 Å². The molecular formula is C27H23ClN2O5. The third-order valence-electron chi connectivity index (χ3n) is 5.91. The van der Waals surface area contributed by atoms with Crippen molar-refractivity contribution in [2.24, 2.45) is 0 Å². The molecule has 1 aromatic heterocycles. The molecule has 1 unspecified atom stereocenters. The summed E-state index contributed by atoms with van der Waals surface area (Å²) in [6, 6.07) is 23.8. The maximum absolute atomic E-state index is 13.3. The van der Waals surface area contributed by atoms with Crippen molar-refractivity contribution in [3.05, 3.63) is 112 Å². The van der Waals surface area contributed by atoms with Crippen LogP contribution in [0.1, 0.15) is 34.1 Å². The number of ether oxygens (including phenoxy) is 2. The predicted octanol–water partition coefficient (Wildman–Crippen LogP) is 5.90. The summed E-state index contributed by atoms with van der Waals surface area (Å²) in [5, 5.41) is 13.4. The highest BCUT2D eigenvalue weighted by atomic mass is 35.5. The second-order valence-electron chi connectivity index (χ2n) is 8.21. The van der Waals surface area contributed by atoms with E-state index in [0.717, 1.165) is 22.3 Å². The van der Waals surface area contributed by atoms with E-state index in [1.165, 1.54) is 6.07 Å². The molecule has 5 rings (SSSR count). The molecule has 0 bridgehead atoms. The number of fused-ring (bicyclic) bond motifs is 1. The standard InChI is InChI=1S/C27H23ClN2O5/c28-20-10-11-24(33-17-21-15-25(31)29-35-21)23(14-20)26-22-9-5-4-8-19(22)12-13-30(26)27(32)34-16-18-6-2-1-3-7-18/h1-11,14-15,26H,12-13,16-17H2,(H,29,31). The second-order valence-corrected chi connectivity index (χ2v) is 8.64. The summed E-state index contributed by atoms with van der Waals surface area (Å²) >= 11 is 6.40. The maximum atomic E-state index is 13.3. The lowest BCUT2D eigenvalue weighted by Crippen LogP contribution is -2.41. The zero-order valence-electron chi connectivity index (χ0n) is 18.8. The molecule has 7 nitrogen and oxygen atoms in total. The fraction of sp³-hybridized carbons (Fsp3) is 0.185. The molecule has 1 aliphatic rings. The Labute approximate surface area is 207 Å². The van der Waals surface area contributed by atoms with Gasteiger partial charge in [0.1, 0.15) is 19.0 Å². The maximum Gasteiger partial charge on any atom is 0.410 e. The molecule has 178 valence electrons. The molecule has 0 aliphatic carbocycles. The minimum Gasteiger partial charge on any atom is -0.491 e. The Balaban J connectivity index is 1.47. The average molecular weight is 491 g/mol. The molecule has 0 fully saturated rings. The SMILES string of the molecule is O=C(OCc1ccccc1)N1CCc2ccccc2C1c1cc(Cl)ccc1OCc1cc(O)no1. The minimum atomic E-state index is -0.458. The van der Waals surface area contributed by atoms with Gasteiger partial charge in [0.25, 0.3) is 5.88 Å². The first kappa shape index (κ1) is 22.8. The Morgan fingerprint density at radius 1 is 1.03 bits per heavy atom. The van der Waals surface area contributed by atoms with Crippen LogP contribution in [0.2, 0.25) is 5.02 Å². The van der Waals surface area contributed by atoms with Crippen LogP contribution in [-0.2, 0) is 24.4 Å². The van der Waals surface area contributed by atoms with E-state index in [-0.39, 0.29) is 19.1 Å². The molecule has 35 heavy (non-hydrogen) atoms. The van der Waals surface area contributed by atoms with Crippen molar-refractivity contribution in [3.63, 3.8) is 0 Å². The van der Waals surface area contributed by atoms with Crippen LogP contribution >= 0.6 is 11.6 Å². The molecule has 1 aliphatic heterocycles. The number of amides is 1. The lowest BCUT2D eigenvalue weighted by molar-refractivity contribution is 0.0830. The van der Waals surface area contributed by atoms with E-state index < -0.39 is 12.1 Å². The average Bonchev–Trinajstić information content (AvgIpc) is 3.31. The Kier molecular flexibility index (Phi) is 6.59. The summed E-state index contributed by atoms with van der Waals surface area (Å²) in [4.78, 5) is 15.0. The van der Waals surface area contributed by atoms with Crippen LogP contribution in [0.4, 0.5) is 4.79 Å². The highest BCUT2D eigenvalue weighted by molar-refractivity contribution is 6.30. The fourth-order valence-corrected chi connectivity index (χ4v) is 4.46. The number of halogens is 1. The quantitative estimate of drug-likeness (QED) is 0.362. The van der Waals surface area contributed by atoms with Crippen LogP contribution in [0, 0.1) is 0 Å². The molecule has 0 spiro atoms. The van der Waals surface area contributed by atoms with Gasteiger partial charge in [-0.3, -0.25) is 4.90 Å². The van der Waals surface area contributed by atoms with Gasteiger partial charge in [-0.1, -0.05) is 66.2 Å². The van der Waals surface area contributed by atoms with Crippen molar-refractivity contribution in [2.75, 3.05) is 6.54 Å². The number of rotatable bonds is 6. The number of benzene rings is 3. The van der Waals surface area contributed by atoms with Gasteiger partial charge in [0.05, 0.1) is 6.04 Å². The molecule has 0 saturated carbocycles. The van der Waals surface area contributed by atoms with Gasteiger partial charge in [-0.05, 0) is 46.5 Å². The number of aromatic nitrogens is 1. The minimum absolute atomic E-state index is 0.0506. The topological polar surface area (TPSA) is 85.0 Å². The van der Waals surface area contributed by atoms with Crippen LogP contribution < -0.4 is 4.74 Å². The Morgan fingerprint density at radius 3 is 2.63 bits per heavy atom. The zero-order chi connectivity index (χ0) is 24.2. The van der Waals surface area contributed by atoms with Crippen LogP contribution in [0.5, 0.6) is 11.6 Å². The van der Waals surface area contributed by atoms with E-state index in [1.54, 1.807) is 23.1 Å². The van der Waals surface area contributed by atoms with Crippen molar-refractivity contribution >= 4 is 17.7 Å². The predicted molar refractivity (Wildman–Crippen MR) is 129 cm³/mol. The lowest BCUT2D eigenvalue weighted by Gasteiger charge is -2.37. The largest absolute Gasteiger partial charge is 0.491 e. The van der Waals surface area contributed by atoms with Gasteiger partial charge in [-0.2, -0.15) is 0 Å². The first-order valence-corrected chi connectivity index (χ1v) is 11.6. The molecule has 8 heteroatoms. The lowest BCUT2D eigenvalue weighted by atomic mass is 9.88. The molecular weight excluding hydrogens is 468 g/mol. The first-order chi connectivity index (χ1) is 17.1. The number of carbonyl (C=O) groups is 1. The van der Waals surface area contributed by atoms with Crippen LogP contribution in [0.3, 0.4) is 0 Å². The van der Waals surface area contributed by atoms with Crippen molar-refractivity contribution in [1.29, 1.82) is 0 Å². The third kappa shape index (κ3) is 5.10. The Bertz CT molecular complexity index is 1320. The number of carbonyl (C=O) groups excluding carboxylic acids is 1. The highest BCUT2D eigenvalue weighted by Gasteiger charge is 2.35. The van der Waals surface area contributed by atoms with E-state index in [4.69, 9.17) is 25.6 Å². The zero-order valence-corrected chi connectivity index (χ0v) is 19.5. The van der Waals surface area contributed by atoms with Crippen molar-refractivity contribution in [3.8, 4) is 11.6 Å². The first-order valence-electron chi connectivity index (χ1n) is 11.2. The molecule has 2 heterocycles. The monoisotopic (exact) mass is 490 g/mol. The fourth-order valence-electron chi connectivity index (χ4n) is 4.28. The number of nitrogens with zero attached hydrogens (tertiary/aromatic N) is 2. The highest BCUT2D eigenvalue weighted by Crippen LogP contribution is 2.41. The summed E-state index contributed by atoms with van der Waals surface area (Å²) in [7, 11) is 0. The summed E-state index contributed by atoms with van der Waals surface area (Å²) < 4.78 is 16.8. The second kappa shape index (κ2) is 10.1. The Morgan fingerprint density at radius 2 is 1.83 bits per heavy atom. The molecule has 1 amide bonds. The van der Waals surface area contributed by atoms with Crippen LogP contribution in [0.15, 0.2) is 83.4 Å². The Hall–Kier alpha value is -3.97. The van der Waals surface area contributed by atoms with E-state index >= 15 is 0 Å². The van der Waals surface area contributed by atoms with Crippen molar-refractivity contribution in [2.45, 2.75) is 25.7 Å². The number of aromatic hydroxyl groups is 1. The van der Waals surface area contributed by atoms with Gasteiger partial charge in [0.15, 0.2) is 5.76 Å². The van der Waals surface area contributed by atoms with E-state index in [0.29, 0.717) is 29.5 Å². The van der Waals surface area contributed by atoms with Crippen LogP contribution in [0.25, 0.3) is 0 Å². The van der Waals surface area contributed by atoms with E-state index in [2.05, 4.69) is 11.2 Å². The summed E-state index contributed by atoms with van der Waals surface area (Å²) in [6.45, 7) is 0.713. The van der Waals surface area contributed by atoms with Gasteiger partial charge in [-0.25, -0.2) is 4.79 Å². The molecule has 1 atom stereocenters. The molecule has 1 N–H and O–H groups in total. The molecule has 0 saturated heterocycles. The number of hydrogen-bond donors (Lipinski definition) is 1. The van der Waals surface area contributed by atoms with E-state index in [1.807, 2.05) is 48.5 Å². The number of hydrogen-bond acceptors (Lipinski definition) is 6. The molecule has 3 aromatic carbocycles. The van der Waals surface area contributed by atoms with Crippen LogP contribution in [-0.4, -0.2) is 27.8 Å². The molecule has 0 radical (unpaired) electrons. The van der Waals surface area contributed by atoms with Gasteiger partial charge in [-0.15, -0.1) is 0 Å². The van der Waals surface area contributed by atoms with Gasteiger partial charge < -0.3 is 19.1 Å².